The van der Waals surface area contributed by atoms with Crippen LogP contribution < -0.4 is 10.6 Å². The number of ether oxygens (including phenoxy) is 2. The predicted molar refractivity (Wildman–Crippen MR) is 89.7 cm³/mol. The number of nitrogens with one attached hydrogen (secondary N) is 2. The van der Waals surface area contributed by atoms with Crippen molar-refractivity contribution in [3.8, 4) is 0 Å². The van der Waals surface area contributed by atoms with Crippen molar-refractivity contribution in [3.05, 3.63) is 29.3 Å². The number of carbonyl (C=O) groups excluding carboxylic acids is 2. The summed E-state index contributed by atoms with van der Waals surface area (Å²) in [4.78, 5) is 23.8. The van der Waals surface area contributed by atoms with Crippen LogP contribution in [0.15, 0.2) is 24.3 Å². The maximum atomic E-state index is 12.0. The van der Waals surface area contributed by atoms with Gasteiger partial charge in [0.25, 0.3) is 0 Å². The lowest BCUT2D eigenvalue weighted by molar-refractivity contribution is -0.142. The third kappa shape index (κ3) is 6.78. The van der Waals surface area contributed by atoms with E-state index in [2.05, 4.69) is 10.6 Å². The lowest BCUT2D eigenvalue weighted by Crippen LogP contribution is -2.50. The van der Waals surface area contributed by atoms with E-state index in [9.17, 15) is 9.59 Å². The molecule has 2 unspecified atom stereocenters. The van der Waals surface area contributed by atoms with E-state index in [1.165, 1.54) is 7.11 Å². The van der Waals surface area contributed by atoms with Crippen molar-refractivity contribution in [2.45, 2.75) is 45.4 Å². The highest BCUT2D eigenvalue weighted by Crippen LogP contribution is 2.16. The first-order valence-electron chi connectivity index (χ1n) is 7.22. The molecule has 1 aromatic rings. The van der Waals surface area contributed by atoms with E-state index in [4.69, 9.17) is 21.1 Å². The highest BCUT2D eigenvalue weighted by Gasteiger charge is 2.28. The Bertz CT molecular complexity index is 540. The van der Waals surface area contributed by atoms with Gasteiger partial charge in [-0.3, -0.25) is 0 Å². The molecule has 2 N–H and O–H groups in total. The predicted octanol–water partition coefficient (Wildman–Crippen LogP) is 3.21. The number of hydrogen-bond acceptors (Lipinski definition) is 5. The minimum atomic E-state index is -0.770. The molecule has 0 aliphatic carbocycles. The number of esters is 1. The van der Waals surface area contributed by atoms with E-state index in [-0.39, 0.29) is 0 Å². The standard InChI is InChI=1S/C16H23ClN2O4/c1-10(18-15(21)23-16(2,3)4)13(14(20)22-5)19-12-8-6-11(17)7-9-12/h6-10,13,19H,1-5H3,(H,18,21). The molecule has 0 heterocycles. The third-order valence-electron chi connectivity index (χ3n) is 2.87. The Balaban J connectivity index is 2.78. The van der Waals surface area contributed by atoms with Gasteiger partial charge in [0.1, 0.15) is 11.6 Å². The average molecular weight is 343 g/mol. The number of rotatable bonds is 5. The molecule has 1 amide bonds. The van der Waals surface area contributed by atoms with Gasteiger partial charge in [-0.2, -0.15) is 0 Å². The van der Waals surface area contributed by atoms with E-state index >= 15 is 0 Å². The van der Waals surface area contributed by atoms with Crippen LogP contribution in [0, 0.1) is 0 Å². The molecule has 0 aliphatic rings. The molecule has 0 aliphatic heterocycles. The fourth-order valence-electron chi connectivity index (χ4n) is 1.82. The van der Waals surface area contributed by atoms with Crippen molar-refractivity contribution in [1.82, 2.24) is 5.32 Å². The van der Waals surface area contributed by atoms with Gasteiger partial charge >= 0.3 is 12.1 Å². The maximum absolute atomic E-state index is 12.0. The van der Waals surface area contributed by atoms with Gasteiger partial charge < -0.3 is 20.1 Å². The Morgan fingerprint density at radius 2 is 1.74 bits per heavy atom. The molecule has 0 fully saturated rings. The monoisotopic (exact) mass is 342 g/mol. The topological polar surface area (TPSA) is 76.7 Å². The molecule has 0 spiro atoms. The van der Waals surface area contributed by atoms with Crippen molar-refractivity contribution < 1.29 is 19.1 Å². The zero-order chi connectivity index (χ0) is 17.6. The summed E-state index contributed by atoms with van der Waals surface area (Å²) < 4.78 is 9.98. The zero-order valence-corrected chi connectivity index (χ0v) is 14.7. The van der Waals surface area contributed by atoms with Crippen molar-refractivity contribution in [1.29, 1.82) is 0 Å². The van der Waals surface area contributed by atoms with Gasteiger partial charge in [0.2, 0.25) is 0 Å². The number of carbonyl (C=O) groups is 2. The Labute approximate surface area is 141 Å². The molecule has 0 saturated heterocycles. The van der Waals surface area contributed by atoms with Crippen LogP contribution in [0.2, 0.25) is 5.02 Å². The number of hydrogen-bond donors (Lipinski definition) is 2. The summed E-state index contributed by atoms with van der Waals surface area (Å²) in [5.41, 5.74) is 0.0661. The lowest BCUT2D eigenvalue weighted by Gasteiger charge is -2.26. The number of anilines is 1. The number of halogens is 1. The number of benzene rings is 1. The fourth-order valence-corrected chi connectivity index (χ4v) is 1.94. The van der Waals surface area contributed by atoms with Gasteiger partial charge in [-0.25, -0.2) is 9.59 Å². The van der Waals surface area contributed by atoms with E-state index in [0.29, 0.717) is 10.7 Å². The Hall–Kier alpha value is -1.95. The van der Waals surface area contributed by atoms with Crippen molar-refractivity contribution >= 4 is 29.4 Å². The summed E-state index contributed by atoms with van der Waals surface area (Å²) in [5.74, 6) is -0.497. The highest BCUT2D eigenvalue weighted by molar-refractivity contribution is 6.30. The van der Waals surface area contributed by atoms with Gasteiger partial charge in [-0.05, 0) is 52.0 Å². The minimum Gasteiger partial charge on any atom is -0.467 e. The highest BCUT2D eigenvalue weighted by atomic mass is 35.5. The second-order valence-electron chi connectivity index (χ2n) is 6.09. The number of amides is 1. The van der Waals surface area contributed by atoms with Crippen LogP contribution in [0.3, 0.4) is 0 Å². The molecule has 0 bridgehead atoms. The largest absolute Gasteiger partial charge is 0.467 e. The van der Waals surface area contributed by atoms with Crippen molar-refractivity contribution in [3.63, 3.8) is 0 Å². The molecule has 23 heavy (non-hydrogen) atoms. The molecule has 0 aromatic heterocycles. The van der Waals surface area contributed by atoms with Crippen LogP contribution in [-0.2, 0) is 14.3 Å². The normalized spacial score (nSPS) is 13.7. The van der Waals surface area contributed by atoms with E-state index in [1.54, 1.807) is 52.0 Å². The van der Waals surface area contributed by atoms with Crippen LogP contribution in [-0.4, -0.2) is 36.9 Å². The van der Waals surface area contributed by atoms with Crippen molar-refractivity contribution in [2.24, 2.45) is 0 Å². The maximum Gasteiger partial charge on any atom is 0.407 e. The molecule has 1 rings (SSSR count). The molecule has 0 saturated carbocycles. The van der Waals surface area contributed by atoms with Gasteiger partial charge in [0, 0.05) is 10.7 Å². The summed E-state index contributed by atoms with van der Waals surface area (Å²) in [7, 11) is 1.29. The molecule has 2 atom stereocenters. The molecule has 6 nitrogen and oxygen atoms in total. The average Bonchev–Trinajstić information content (AvgIpc) is 2.43. The Morgan fingerprint density at radius 3 is 2.22 bits per heavy atom. The van der Waals surface area contributed by atoms with Gasteiger partial charge in [-0.15, -0.1) is 0 Å². The van der Waals surface area contributed by atoms with Crippen LogP contribution in [0.25, 0.3) is 0 Å². The summed E-state index contributed by atoms with van der Waals surface area (Å²) in [5, 5.41) is 6.24. The first-order chi connectivity index (χ1) is 10.6. The second-order valence-corrected chi connectivity index (χ2v) is 6.52. The van der Waals surface area contributed by atoms with Gasteiger partial charge in [0.05, 0.1) is 13.2 Å². The van der Waals surface area contributed by atoms with Gasteiger partial charge in [-0.1, -0.05) is 11.6 Å². The van der Waals surface area contributed by atoms with Crippen LogP contribution in [0.1, 0.15) is 27.7 Å². The molecule has 0 radical (unpaired) electrons. The van der Waals surface area contributed by atoms with Crippen LogP contribution >= 0.6 is 11.6 Å². The van der Waals surface area contributed by atoms with Crippen molar-refractivity contribution in [2.75, 3.05) is 12.4 Å². The van der Waals surface area contributed by atoms with E-state index < -0.39 is 29.7 Å². The third-order valence-corrected chi connectivity index (χ3v) is 3.12. The molecular formula is C16H23ClN2O4. The van der Waals surface area contributed by atoms with Gasteiger partial charge in [0.15, 0.2) is 0 Å². The molecule has 128 valence electrons. The zero-order valence-electron chi connectivity index (χ0n) is 14.0. The molecule has 1 aromatic carbocycles. The first-order valence-corrected chi connectivity index (χ1v) is 7.59. The summed E-state index contributed by atoms with van der Waals surface area (Å²) in [6.07, 6.45) is -0.600. The van der Waals surface area contributed by atoms with E-state index in [0.717, 1.165) is 0 Å². The second kappa shape index (κ2) is 8.06. The fraction of sp³-hybridized carbons (Fsp3) is 0.500. The Morgan fingerprint density at radius 1 is 1.17 bits per heavy atom. The number of methoxy groups -OCH3 is 1. The number of alkyl carbamates (subject to hydrolysis) is 1. The van der Waals surface area contributed by atoms with E-state index in [1.807, 2.05) is 0 Å². The van der Waals surface area contributed by atoms with Crippen LogP contribution in [0.5, 0.6) is 0 Å². The quantitative estimate of drug-likeness (QED) is 0.803. The summed E-state index contributed by atoms with van der Waals surface area (Å²) in [6, 6.07) is 5.55. The molecular weight excluding hydrogens is 320 g/mol. The SMILES string of the molecule is COC(=O)C(Nc1ccc(Cl)cc1)C(C)NC(=O)OC(C)(C)C. The minimum absolute atomic E-state index is 0.497. The van der Waals surface area contributed by atoms with Crippen LogP contribution in [0.4, 0.5) is 10.5 Å². The first kappa shape index (κ1) is 19.1. The summed E-state index contributed by atoms with van der Waals surface area (Å²) >= 11 is 5.84. The Kier molecular flexibility index (Phi) is 6.69. The lowest BCUT2D eigenvalue weighted by atomic mass is 10.1. The smallest absolute Gasteiger partial charge is 0.407 e. The summed E-state index contributed by atoms with van der Waals surface area (Å²) in [6.45, 7) is 6.98. The molecule has 7 heteroatoms.